The van der Waals surface area contributed by atoms with Crippen LogP contribution >= 0.6 is 0 Å². The third kappa shape index (κ3) is 4.89. The van der Waals surface area contributed by atoms with Gasteiger partial charge in [-0.25, -0.2) is 0 Å². The average Bonchev–Trinajstić information content (AvgIpc) is 2.58. The van der Waals surface area contributed by atoms with Gasteiger partial charge in [0, 0.05) is 13.0 Å². The lowest BCUT2D eigenvalue weighted by atomic mass is 10.1. The van der Waals surface area contributed by atoms with Crippen LogP contribution in [-0.4, -0.2) is 52.6 Å². The molecule has 6 nitrogen and oxygen atoms in total. The number of hydrogen-bond acceptors (Lipinski definition) is 5. The van der Waals surface area contributed by atoms with Gasteiger partial charge in [-0.2, -0.15) is 0 Å². The number of carbonyl (C=O) groups is 1. The molecule has 6 heteroatoms. The fourth-order valence-corrected chi connectivity index (χ4v) is 2.26. The van der Waals surface area contributed by atoms with Crippen molar-refractivity contribution in [2.75, 3.05) is 40.6 Å². The van der Waals surface area contributed by atoms with E-state index >= 15 is 0 Å². The standard InChI is InChI=1S/C16H23NO5/c1-19-14-5-3-12(9-15(14)20-2)4-6-16(18)17-10-13-11-21-7-8-22-13/h3,5,9,13H,4,6-8,10-11H2,1-2H3,(H,17,18)/t13-/m1/s1. The van der Waals surface area contributed by atoms with E-state index in [9.17, 15) is 4.79 Å². The summed E-state index contributed by atoms with van der Waals surface area (Å²) in [7, 11) is 3.20. The largest absolute Gasteiger partial charge is 0.493 e. The number of nitrogens with one attached hydrogen (secondary N) is 1. The monoisotopic (exact) mass is 309 g/mol. The van der Waals surface area contributed by atoms with Crippen LogP contribution in [0.4, 0.5) is 0 Å². The van der Waals surface area contributed by atoms with E-state index in [-0.39, 0.29) is 12.0 Å². The Morgan fingerprint density at radius 2 is 2.09 bits per heavy atom. The van der Waals surface area contributed by atoms with Crippen molar-refractivity contribution in [1.82, 2.24) is 5.32 Å². The second kappa shape index (κ2) is 8.60. The summed E-state index contributed by atoms with van der Waals surface area (Å²) >= 11 is 0. The molecule has 1 N–H and O–H groups in total. The first-order valence-electron chi connectivity index (χ1n) is 7.40. The van der Waals surface area contributed by atoms with Crippen molar-refractivity contribution in [1.29, 1.82) is 0 Å². The Balaban J connectivity index is 1.75. The number of carbonyl (C=O) groups excluding carboxylic acids is 1. The SMILES string of the molecule is COc1ccc(CCC(=O)NC[C@@H]2COCCO2)cc1OC. The van der Waals surface area contributed by atoms with E-state index in [1.807, 2.05) is 18.2 Å². The summed E-state index contributed by atoms with van der Waals surface area (Å²) in [5, 5.41) is 2.87. The first-order valence-corrected chi connectivity index (χ1v) is 7.40. The number of amides is 1. The van der Waals surface area contributed by atoms with Crippen molar-refractivity contribution in [3.05, 3.63) is 23.8 Å². The van der Waals surface area contributed by atoms with Gasteiger partial charge in [-0.15, -0.1) is 0 Å². The summed E-state index contributed by atoms with van der Waals surface area (Å²) in [6, 6.07) is 5.68. The van der Waals surface area contributed by atoms with Gasteiger partial charge in [-0.1, -0.05) is 6.07 Å². The molecule has 0 saturated carbocycles. The molecule has 0 spiro atoms. The van der Waals surface area contributed by atoms with Crippen LogP contribution in [0.25, 0.3) is 0 Å². The van der Waals surface area contributed by atoms with Crippen LogP contribution in [0.5, 0.6) is 11.5 Å². The predicted molar refractivity (Wildman–Crippen MR) is 81.4 cm³/mol. The Labute approximate surface area is 130 Å². The number of methoxy groups -OCH3 is 2. The highest BCUT2D eigenvalue weighted by Gasteiger charge is 2.15. The van der Waals surface area contributed by atoms with Gasteiger partial charge in [-0.05, 0) is 24.1 Å². The van der Waals surface area contributed by atoms with Crippen LogP contribution in [0.15, 0.2) is 18.2 Å². The van der Waals surface area contributed by atoms with E-state index in [1.54, 1.807) is 14.2 Å². The minimum Gasteiger partial charge on any atom is -0.493 e. The molecule has 0 radical (unpaired) electrons. The highest BCUT2D eigenvalue weighted by Crippen LogP contribution is 2.27. The first kappa shape index (κ1) is 16.6. The highest BCUT2D eigenvalue weighted by molar-refractivity contribution is 5.76. The lowest BCUT2D eigenvalue weighted by Crippen LogP contribution is -2.39. The van der Waals surface area contributed by atoms with Gasteiger partial charge in [0.25, 0.3) is 0 Å². The second-order valence-electron chi connectivity index (χ2n) is 5.06. The van der Waals surface area contributed by atoms with Crippen LogP contribution in [0.2, 0.25) is 0 Å². The fraction of sp³-hybridized carbons (Fsp3) is 0.562. The van der Waals surface area contributed by atoms with Gasteiger partial charge < -0.3 is 24.3 Å². The molecule has 0 unspecified atom stereocenters. The maximum atomic E-state index is 11.9. The third-order valence-electron chi connectivity index (χ3n) is 3.50. The van der Waals surface area contributed by atoms with E-state index in [4.69, 9.17) is 18.9 Å². The van der Waals surface area contributed by atoms with Crippen LogP contribution in [0.1, 0.15) is 12.0 Å². The molecule has 1 atom stereocenters. The first-order chi connectivity index (χ1) is 10.7. The molecule has 1 heterocycles. The second-order valence-corrected chi connectivity index (χ2v) is 5.06. The molecule has 1 aromatic carbocycles. The zero-order chi connectivity index (χ0) is 15.8. The molecule has 1 saturated heterocycles. The van der Waals surface area contributed by atoms with Crippen LogP contribution in [0.3, 0.4) is 0 Å². The summed E-state index contributed by atoms with van der Waals surface area (Å²) in [5.41, 5.74) is 1.03. The maximum Gasteiger partial charge on any atom is 0.220 e. The Bertz CT molecular complexity index is 485. The topological polar surface area (TPSA) is 66.0 Å². The van der Waals surface area contributed by atoms with E-state index in [2.05, 4.69) is 5.32 Å². The lowest BCUT2D eigenvalue weighted by molar-refractivity contribution is -0.123. The Hall–Kier alpha value is -1.79. The number of hydrogen-bond donors (Lipinski definition) is 1. The minimum absolute atomic E-state index is 0.00367. The van der Waals surface area contributed by atoms with Crippen LogP contribution in [-0.2, 0) is 20.7 Å². The van der Waals surface area contributed by atoms with Crippen molar-refractivity contribution in [3.8, 4) is 11.5 Å². The number of ether oxygens (including phenoxy) is 4. The molecule has 1 fully saturated rings. The molecule has 0 aliphatic carbocycles. The summed E-state index contributed by atoms with van der Waals surface area (Å²) in [6.45, 7) is 2.25. The third-order valence-corrected chi connectivity index (χ3v) is 3.50. The number of rotatable bonds is 7. The smallest absolute Gasteiger partial charge is 0.220 e. The Morgan fingerprint density at radius 1 is 1.27 bits per heavy atom. The van der Waals surface area contributed by atoms with E-state index < -0.39 is 0 Å². The van der Waals surface area contributed by atoms with Crippen LogP contribution in [0, 0.1) is 0 Å². The molecule has 1 aromatic rings. The average molecular weight is 309 g/mol. The normalized spacial score (nSPS) is 17.8. The summed E-state index contributed by atoms with van der Waals surface area (Å²) in [6.07, 6.45) is 1.02. The van der Waals surface area contributed by atoms with Gasteiger partial charge in [0.2, 0.25) is 5.91 Å². The molecular weight excluding hydrogens is 286 g/mol. The summed E-state index contributed by atoms with van der Waals surface area (Å²) in [4.78, 5) is 11.9. The highest BCUT2D eigenvalue weighted by atomic mass is 16.6. The lowest BCUT2D eigenvalue weighted by Gasteiger charge is -2.23. The van der Waals surface area contributed by atoms with Crippen molar-refractivity contribution >= 4 is 5.91 Å². The van der Waals surface area contributed by atoms with Crippen molar-refractivity contribution in [2.24, 2.45) is 0 Å². The Morgan fingerprint density at radius 3 is 2.77 bits per heavy atom. The van der Waals surface area contributed by atoms with E-state index in [0.29, 0.717) is 50.7 Å². The molecule has 1 amide bonds. The fourth-order valence-electron chi connectivity index (χ4n) is 2.26. The number of benzene rings is 1. The van der Waals surface area contributed by atoms with Crippen molar-refractivity contribution in [3.63, 3.8) is 0 Å². The van der Waals surface area contributed by atoms with E-state index in [1.165, 1.54) is 0 Å². The van der Waals surface area contributed by atoms with Gasteiger partial charge in [0.1, 0.15) is 0 Å². The number of aryl methyl sites for hydroxylation is 1. The zero-order valence-corrected chi connectivity index (χ0v) is 13.1. The minimum atomic E-state index is -0.0428. The Kier molecular flexibility index (Phi) is 6.48. The summed E-state index contributed by atoms with van der Waals surface area (Å²) < 4.78 is 21.2. The van der Waals surface area contributed by atoms with Gasteiger partial charge in [-0.3, -0.25) is 4.79 Å². The zero-order valence-electron chi connectivity index (χ0n) is 13.1. The van der Waals surface area contributed by atoms with Crippen molar-refractivity contribution in [2.45, 2.75) is 18.9 Å². The molecular formula is C16H23NO5. The van der Waals surface area contributed by atoms with Crippen molar-refractivity contribution < 1.29 is 23.7 Å². The predicted octanol–water partition coefficient (Wildman–Crippen LogP) is 1.17. The van der Waals surface area contributed by atoms with Crippen LogP contribution < -0.4 is 14.8 Å². The maximum absolute atomic E-state index is 11.9. The molecule has 0 aromatic heterocycles. The van der Waals surface area contributed by atoms with E-state index in [0.717, 1.165) is 5.56 Å². The molecule has 22 heavy (non-hydrogen) atoms. The molecule has 1 aliphatic heterocycles. The van der Waals surface area contributed by atoms with Gasteiger partial charge >= 0.3 is 0 Å². The molecule has 122 valence electrons. The van der Waals surface area contributed by atoms with Gasteiger partial charge in [0.05, 0.1) is 40.1 Å². The molecule has 1 aliphatic rings. The molecule has 0 bridgehead atoms. The summed E-state index contributed by atoms with van der Waals surface area (Å²) in [5.74, 6) is 1.36. The van der Waals surface area contributed by atoms with Gasteiger partial charge in [0.15, 0.2) is 11.5 Å². The molecule has 2 rings (SSSR count). The quantitative estimate of drug-likeness (QED) is 0.819.